The summed E-state index contributed by atoms with van der Waals surface area (Å²) in [6.45, 7) is 1.96. The van der Waals surface area contributed by atoms with Gasteiger partial charge < -0.3 is 4.12 Å². The van der Waals surface area contributed by atoms with E-state index in [0.717, 1.165) is 12.5 Å². The standard InChI is InChI=1S/C4H11Cl3OSi2/c1-10(7,8-9)3-2-4(5)6/h4H,2-3H2,1,9H3. The molecule has 0 amide bonds. The normalized spacial score (nSPS) is 17.7. The Morgan fingerprint density at radius 1 is 1.60 bits per heavy atom. The highest BCUT2D eigenvalue weighted by atomic mass is 35.6. The van der Waals surface area contributed by atoms with Crippen LogP contribution in [0.3, 0.4) is 0 Å². The lowest BCUT2D eigenvalue weighted by Crippen LogP contribution is -2.26. The average molecular weight is 238 g/mol. The van der Waals surface area contributed by atoms with Crippen molar-refractivity contribution in [3.8, 4) is 0 Å². The van der Waals surface area contributed by atoms with E-state index in [9.17, 15) is 0 Å². The third-order valence-electron chi connectivity index (χ3n) is 1.23. The van der Waals surface area contributed by atoms with Gasteiger partial charge in [-0.05, 0) is 19.0 Å². The summed E-state index contributed by atoms with van der Waals surface area (Å²) in [5, 5.41) is 0. The van der Waals surface area contributed by atoms with E-state index in [1.165, 1.54) is 0 Å². The van der Waals surface area contributed by atoms with Gasteiger partial charge in [0.1, 0.15) is 15.3 Å². The van der Waals surface area contributed by atoms with Crippen molar-refractivity contribution < 1.29 is 4.12 Å². The Morgan fingerprint density at radius 2 is 2.10 bits per heavy atom. The number of hydrogen-bond donors (Lipinski definition) is 0. The Balaban J connectivity index is 3.46. The van der Waals surface area contributed by atoms with Crippen LogP contribution in [0, 0.1) is 0 Å². The van der Waals surface area contributed by atoms with E-state index < -0.39 is 7.63 Å². The van der Waals surface area contributed by atoms with Crippen molar-refractivity contribution in [3.63, 3.8) is 0 Å². The van der Waals surface area contributed by atoms with Crippen molar-refractivity contribution >= 4 is 52.4 Å². The first kappa shape index (κ1) is 11.3. The molecule has 10 heavy (non-hydrogen) atoms. The van der Waals surface area contributed by atoms with E-state index in [-0.39, 0.29) is 4.84 Å². The molecule has 0 aliphatic rings. The molecule has 62 valence electrons. The summed E-state index contributed by atoms with van der Waals surface area (Å²) in [5.74, 6) is 0. The second-order valence-electron chi connectivity index (χ2n) is 2.24. The maximum Gasteiger partial charge on any atom is 0.276 e. The number of halogens is 3. The Morgan fingerprint density at radius 3 is 2.40 bits per heavy atom. The first-order chi connectivity index (χ1) is 4.48. The van der Waals surface area contributed by atoms with Crippen LogP contribution in [0.2, 0.25) is 12.6 Å². The second-order valence-corrected chi connectivity index (χ2v) is 10.2. The maximum absolute atomic E-state index is 6.00. The van der Waals surface area contributed by atoms with Gasteiger partial charge in [-0.25, -0.2) is 0 Å². The van der Waals surface area contributed by atoms with Crippen LogP contribution in [0.1, 0.15) is 6.42 Å². The molecule has 0 fully saturated rings. The third-order valence-corrected chi connectivity index (χ3v) is 8.21. The average Bonchev–Trinajstić information content (AvgIpc) is 1.85. The first-order valence-corrected chi connectivity index (χ1v) is 8.32. The van der Waals surface area contributed by atoms with Crippen molar-refractivity contribution in [1.82, 2.24) is 0 Å². The third kappa shape index (κ3) is 6.01. The topological polar surface area (TPSA) is 9.23 Å². The molecule has 1 unspecified atom stereocenters. The summed E-state index contributed by atoms with van der Waals surface area (Å²) in [6.07, 6.45) is 0.734. The molecule has 0 saturated heterocycles. The van der Waals surface area contributed by atoms with Gasteiger partial charge >= 0.3 is 0 Å². The molecule has 1 nitrogen and oxygen atoms in total. The molecular weight excluding hydrogens is 227 g/mol. The van der Waals surface area contributed by atoms with Crippen LogP contribution < -0.4 is 0 Å². The highest BCUT2D eigenvalue weighted by molar-refractivity contribution is 7.16. The Bertz CT molecular complexity index is 98.5. The summed E-state index contributed by atoms with van der Waals surface area (Å²) < 4.78 is 5.21. The first-order valence-electron chi connectivity index (χ1n) is 3.00. The fourth-order valence-electron chi connectivity index (χ4n) is 0.469. The minimum absolute atomic E-state index is 0.303. The predicted molar refractivity (Wildman–Crippen MR) is 53.4 cm³/mol. The minimum Gasteiger partial charge on any atom is -0.453 e. The Labute approximate surface area is 80.4 Å². The zero-order valence-corrected chi connectivity index (χ0v) is 11.3. The van der Waals surface area contributed by atoms with E-state index in [4.69, 9.17) is 38.4 Å². The lowest BCUT2D eigenvalue weighted by atomic mass is 10.6. The zero-order chi connectivity index (χ0) is 8.20. The van der Waals surface area contributed by atoms with E-state index in [1.807, 2.05) is 6.55 Å². The lowest BCUT2D eigenvalue weighted by molar-refractivity contribution is 0.620. The zero-order valence-electron chi connectivity index (χ0n) is 6.03. The fourth-order valence-corrected chi connectivity index (χ4v) is 3.00. The summed E-state index contributed by atoms with van der Waals surface area (Å²) in [5.41, 5.74) is 0. The second kappa shape index (κ2) is 5.01. The molecule has 0 saturated carbocycles. The SMILES string of the molecule is C[Si](Cl)(CCC(Cl)Cl)O[SiH3]. The Hall–Kier alpha value is 1.26. The summed E-state index contributed by atoms with van der Waals surface area (Å²) in [7, 11) is -1.17. The monoisotopic (exact) mass is 236 g/mol. The molecule has 0 aliphatic heterocycles. The lowest BCUT2D eigenvalue weighted by Gasteiger charge is -2.17. The van der Waals surface area contributed by atoms with Gasteiger partial charge in [0.2, 0.25) is 0 Å². The van der Waals surface area contributed by atoms with Crippen molar-refractivity contribution in [2.45, 2.75) is 23.8 Å². The fraction of sp³-hybridized carbons (Fsp3) is 1.00. The van der Waals surface area contributed by atoms with Gasteiger partial charge in [-0.2, -0.15) is 0 Å². The molecule has 0 radical (unpaired) electrons. The van der Waals surface area contributed by atoms with Crippen molar-refractivity contribution in [2.75, 3.05) is 0 Å². The van der Waals surface area contributed by atoms with Crippen LogP contribution in [0.15, 0.2) is 0 Å². The van der Waals surface area contributed by atoms with E-state index in [0.29, 0.717) is 10.5 Å². The molecule has 6 heteroatoms. The molecular formula is C4H11Cl3OSi2. The predicted octanol–water partition coefficient (Wildman–Crippen LogP) is 1.79. The molecule has 0 aromatic heterocycles. The molecule has 0 aromatic rings. The van der Waals surface area contributed by atoms with E-state index in [2.05, 4.69) is 0 Å². The van der Waals surface area contributed by atoms with Crippen molar-refractivity contribution in [1.29, 1.82) is 0 Å². The van der Waals surface area contributed by atoms with Crippen molar-refractivity contribution in [2.24, 2.45) is 0 Å². The highest BCUT2D eigenvalue weighted by Gasteiger charge is 2.24. The minimum atomic E-state index is -1.87. The van der Waals surface area contributed by atoms with Crippen LogP contribution in [0.4, 0.5) is 0 Å². The molecule has 0 aliphatic carbocycles. The smallest absolute Gasteiger partial charge is 0.276 e. The number of rotatable bonds is 4. The van der Waals surface area contributed by atoms with Gasteiger partial charge in [-0.15, -0.1) is 34.3 Å². The van der Waals surface area contributed by atoms with E-state index >= 15 is 0 Å². The van der Waals surface area contributed by atoms with Crippen LogP contribution in [0.25, 0.3) is 0 Å². The molecule has 0 bridgehead atoms. The number of alkyl halides is 2. The molecule has 0 rings (SSSR count). The van der Waals surface area contributed by atoms with Gasteiger partial charge in [-0.3, -0.25) is 0 Å². The van der Waals surface area contributed by atoms with Crippen LogP contribution >= 0.6 is 34.3 Å². The van der Waals surface area contributed by atoms with Gasteiger partial charge in [0, 0.05) is 0 Å². The van der Waals surface area contributed by atoms with Gasteiger partial charge in [0.05, 0.1) is 0 Å². The van der Waals surface area contributed by atoms with Gasteiger partial charge in [-0.1, -0.05) is 0 Å². The molecule has 0 spiro atoms. The van der Waals surface area contributed by atoms with Crippen LogP contribution in [0.5, 0.6) is 0 Å². The molecule has 1 atom stereocenters. The molecule has 0 aromatic carbocycles. The van der Waals surface area contributed by atoms with Crippen molar-refractivity contribution in [3.05, 3.63) is 0 Å². The van der Waals surface area contributed by atoms with Gasteiger partial charge in [0.15, 0.2) is 0 Å². The van der Waals surface area contributed by atoms with Crippen LogP contribution in [-0.4, -0.2) is 22.9 Å². The largest absolute Gasteiger partial charge is 0.453 e. The maximum atomic E-state index is 6.00. The summed E-state index contributed by atoms with van der Waals surface area (Å²) in [6, 6.07) is 0.829. The molecule has 0 heterocycles. The van der Waals surface area contributed by atoms with Gasteiger partial charge in [0.25, 0.3) is 7.63 Å². The Kier molecular flexibility index (Phi) is 5.64. The highest BCUT2D eigenvalue weighted by Crippen LogP contribution is 2.21. The van der Waals surface area contributed by atoms with E-state index in [1.54, 1.807) is 0 Å². The number of hydrogen-bond acceptors (Lipinski definition) is 1. The van der Waals surface area contributed by atoms with Crippen LogP contribution in [-0.2, 0) is 4.12 Å². The summed E-state index contributed by atoms with van der Waals surface area (Å²) >= 11 is 17.1. The quantitative estimate of drug-likeness (QED) is 0.412. The molecule has 0 N–H and O–H groups in total. The summed E-state index contributed by atoms with van der Waals surface area (Å²) in [4.78, 5) is -0.303.